The average molecular weight is 355 g/mol. The van der Waals surface area contributed by atoms with Gasteiger partial charge in [0.2, 0.25) is 0 Å². The van der Waals surface area contributed by atoms with E-state index in [0.717, 1.165) is 11.1 Å². The molecule has 0 fully saturated rings. The number of ether oxygens (including phenoxy) is 1. The molecule has 3 aromatic rings. The van der Waals surface area contributed by atoms with Crippen LogP contribution in [0.4, 0.5) is 5.95 Å². The molecule has 0 unspecified atom stereocenters. The summed E-state index contributed by atoms with van der Waals surface area (Å²) in [7, 11) is 0. The zero-order chi connectivity index (χ0) is 18.5. The molecule has 1 aromatic carbocycles. The lowest BCUT2D eigenvalue weighted by Crippen LogP contribution is -2.17. The number of hydrogen-bond donors (Lipinski definition) is 3. The molecule has 11 nitrogen and oxygen atoms in total. The van der Waals surface area contributed by atoms with Crippen LogP contribution in [0.5, 0.6) is 5.88 Å². The molecule has 0 spiro atoms. The fourth-order valence-electron chi connectivity index (χ4n) is 2.32. The van der Waals surface area contributed by atoms with Gasteiger partial charge < -0.3 is 14.8 Å². The molecule has 2 aromatic heterocycles. The maximum atomic E-state index is 10.8. The SMILES string of the molecule is [N-]=[N+]=NCc1ccc(COc2[nH+]c(N)nc3nc(CC(=O)O)[nH]c23)cc1. The summed E-state index contributed by atoms with van der Waals surface area (Å²) in [5.74, 6) is -0.337. The van der Waals surface area contributed by atoms with Crippen molar-refractivity contribution >= 4 is 23.1 Å². The van der Waals surface area contributed by atoms with Crippen molar-refractivity contribution in [3.63, 3.8) is 0 Å². The van der Waals surface area contributed by atoms with Crippen LogP contribution in [0, 0.1) is 0 Å². The van der Waals surface area contributed by atoms with Gasteiger partial charge in [0.1, 0.15) is 18.9 Å². The molecule has 0 aliphatic carbocycles. The number of fused-ring (bicyclic) bond motifs is 1. The maximum absolute atomic E-state index is 10.8. The minimum atomic E-state index is -1.01. The number of aliphatic carboxylic acids is 1. The first-order chi connectivity index (χ1) is 12.5. The summed E-state index contributed by atoms with van der Waals surface area (Å²) < 4.78 is 5.75. The Hall–Kier alpha value is -3.85. The number of benzene rings is 1. The number of rotatable bonds is 7. The van der Waals surface area contributed by atoms with Crippen LogP contribution >= 0.6 is 0 Å². The minimum Gasteiger partial charge on any atom is -0.481 e. The van der Waals surface area contributed by atoms with Crippen LogP contribution in [0.15, 0.2) is 29.4 Å². The van der Waals surface area contributed by atoms with Crippen molar-refractivity contribution in [3.05, 3.63) is 51.7 Å². The van der Waals surface area contributed by atoms with Gasteiger partial charge in [-0.1, -0.05) is 29.4 Å². The molecule has 132 valence electrons. The summed E-state index contributed by atoms with van der Waals surface area (Å²) in [6.07, 6.45) is -0.262. The van der Waals surface area contributed by atoms with Gasteiger partial charge in [-0.05, 0) is 21.6 Å². The van der Waals surface area contributed by atoms with E-state index in [2.05, 4.69) is 30.0 Å². The lowest BCUT2D eigenvalue weighted by atomic mass is 10.1. The number of anilines is 1. The molecule has 5 N–H and O–H groups in total. The number of nitrogens with zero attached hydrogens (tertiary/aromatic N) is 5. The zero-order valence-corrected chi connectivity index (χ0v) is 13.5. The summed E-state index contributed by atoms with van der Waals surface area (Å²) in [4.78, 5) is 27.4. The van der Waals surface area contributed by atoms with Crippen molar-refractivity contribution in [1.29, 1.82) is 0 Å². The Bertz CT molecular complexity index is 992. The van der Waals surface area contributed by atoms with Gasteiger partial charge in [0.05, 0.1) is 6.54 Å². The van der Waals surface area contributed by atoms with Gasteiger partial charge in [0.15, 0.2) is 5.52 Å². The third-order valence-electron chi connectivity index (χ3n) is 3.47. The van der Waals surface area contributed by atoms with E-state index in [4.69, 9.17) is 21.1 Å². The number of nitrogens with one attached hydrogen (secondary N) is 2. The van der Waals surface area contributed by atoms with Crippen molar-refractivity contribution in [2.45, 2.75) is 19.6 Å². The number of carbonyl (C=O) groups is 1. The second kappa shape index (κ2) is 7.36. The van der Waals surface area contributed by atoms with Crippen molar-refractivity contribution in [1.82, 2.24) is 15.0 Å². The highest BCUT2D eigenvalue weighted by Gasteiger charge is 2.18. The normalized spacial score (nSPS) is 10.5. The second-order valence-corrected chi connectivity index (χ2v) is 5.40. The van der Waals surface area contributed by atoms with Crippen molar-refractivity contribution in [2.24, 2.45) is 5.11 Å². The molecule has 0 saturated carbocycles. The van der Waals surface area contributed by atoms with E-state index >= 15 is 0 Å². The monoisotopic (exact) mass is 355 g/mol. The van der Waals surface area contributed by atoms with Gasteiger partial charge in [-0.25, -0.2) is 4.98 Å². The number of carboxylic acid groups (broad SMARTS) is 1. The number of nitrogen functional groups attached to an aromatic ring is 1. The van der Waals surface area contributed by atoms with Gasteiger partial charge in [-0.15, -0.1) is 0 Å². The molecule has 0 aliphatic rings. The van der Waals surface area contributed by atoms with Crippen molar-refractivity contribution < 1.29 is 19.6 Å². The van der Waals surface area contributed by atoms with E-state index < -0.39 is 5.97 Å². The van der Waals surface area contributed by atoms with Gasteiger partial charge in [-0.2, -0.15) is 4.98 Å². The Labute approximate surface area is 146 Å². The summed E-state index contributed by atoms with van der Waals surface area (Å²) >= 11 is 0. The molecule has 0 radical (unpaired) electrons. The van der Waals surface area contributed by atoms with E-state index in [1.165, 1.54) is 0 Å². The Balaban J connectivity index is 1.78. The van der Waals surface area contributed by atoms with Crippen LogP contribution in [0.2, 0.25) is 0 Å². The molecule has 0 bridgehead atoms. The van der Waals surface area contributed by atoms with E-state index in [1.54, 1.807) is 0 Å². The topological polar surface area (TPSA) is 177 Å². The fourth-order valence-corrected chi connectivity index (χ4v) is 2.32. The summed E-state index contributed by atoms with van der Waals surface area (Å²) in [6, 6.07) is 7.39. The van der Waals surface area contributed by atoms with Gasteiger partial charge in [0, 0.05) is 4.91 Å². The first-order valence-electron chi connectivity index (χ1n) is 7.56. The smallest absolute Gasteiger partial charge is 0.392 e. The molecule has 26 heavy (non-hydrogen) atoms. The molecule has 0 amide bonds. The van der Waals surface area contributed by atoms with Crippen LogP contribution < -0.4 is 15.5 Å². The highest BCUT2D eigenvalue weighted by molar-refractivity contribution is 5.77. The Morgan fingerprint density at radius 2 is 2.08 bits per heavy atom. The number of imidazole rings is 1. The molecule has 3 rings (SSSR count). The largest absolute Gasteiger partial charge is 0.481 e. The quantitative estimate of drug-likeness (QED) is 0.327. The van der Waals surface area contributed by atoms with E-state index in [-0.39, 0.29) is 37.0 Å². The third-order valence-corrected chi connectivity index (χ3v) is 3.47. The number of aromatic nitrogens is 4. The average Bonchev–Trinajstić information content (AvgIpc) is 3.00. The van der Waals surface area contributed by atoms with E-state index in [9.17, 15) is 4.79 Å². The Morgan fingerprint density at radius 3 is 2.77 bits per heavy atom. The minimum absolute atomic E-state index is 0.102. The predicted molar refractivity (Wildman–Crippen MR) is 89.8 cm³/mol. The summed E-state index contributed by atoms with van der Waals surface area (Å²) in [5.41, 5.74) is 16.5. The molecular weight excluding hydrogens is 340 g/mol. The Kier molecular flexibility index (Phi) is 4.81. The number of azide groups is 1. The van der Waals surface area contributed by atoms with E-state index in [0.29, 0.717) is 11.4 Å². The summed E-state index contributed by atoms with van der Waals surface area (Å²) in [6.45, 7) is 0.525. The van der Waals surface area contributed by atoms with Crippen LogP contribution in [0.3, 0.4) is 0 Å². The van der Waals surface area contributed by atoms with Crippen LogP contribution in [-0.4, -0.2) is 26.0 Å². The number of nitrogens with two attached hydrogens (primary N) is 1. The van der Waals surface area contributed by atoms with Crippen LogP contribution in [0.25, 0.3) is 21.6 Å². The first-order valence-corrected chi connectivity index (χ1v) is 7.56. The lowest BCUT2D eigenvalue weighted by Gasteiger charge is -2.05. The van der Waals surface area contributed by atoms with Crippen molar-refractivity contribution in [2.75, 3.05) is 5.73 Å². The van der Waals surface area contributed by atoms with Crippen molar-refractivity contribution in [3.8, 4) is 5.88 Å². The third kappa shape index (κ3) is 3.97. The molecule has 0 atom stereocenters. The maximum Gasteiger partial charge on any atom is 0.392 e. The number of hydrogen-bond acceptors (Lipinski definition) is 6. The van der Waals surface area contributed by atoms with Gasteiger partial charge in [-0.3, -0.25) is 10.5 Å². The zero-order valence-electron chi connectivity index (χ0n) is 13.5. The first kappa shape index (κ1) is 17.0. The molecular formula is C15H15N8O3+. The second-order valence-electron chi connectivity index (χ2n) is 5.40. The number of aromatic amines is 2. The molecule has 0 saturated heterocycles. The Morgan fingerprint density at radius 1 is 1.35 bits per heavy atom. The van der Waals surface area contributed by atoms with E-state index in [1.807, 2.05) is 24.3 Å². The highest BCUT2D eigenvalue weighted by Crippen LogP contribution is 2.19. The highest BCUT2D eigenvalue weighted by atomic mass is 16.5. The molecule has 0 aliphatic heterocycles. The number of carboxylic acids is 1. The number of H-pyrrole nitrogens is 2. The summed E-state index contributed by atoms with van der Waals surface area (Å²) in [5, 5.41) is 12.4. The van der Waals surface area contributed by atoms with Crippen LogP contribution in [0.1, 0.15) is 17.0 Å². The molecule has 2 heterocycles. The standard InChI is InChI=1S/C15H14N8O3/c16-15-21-13-12(19-10(20-13)5-11(24)25)14(22-15)26-7-9-3-1-8(2-4-9)6-18-23-17/h1-4H,5-7H2,(H,24,25)(H3,16,19,20,21,22)/p+1. The van der Waals surface area contributed by atoms with Gasteiger partial charge in [0.25, 0.3) is 11.5 Å². The van der Waals surface area contributed by atoms with Gasteiger partial charge >= 0.3 is 11.9 Å². The fraction of sp³-hybridized carbons (Fsp3) is 0.200. The molecule has 11 heteroatoms. The lowest BCUT2D eigenvalue weighted by molar-refractivity contribution is -0.380. The predicted octanol–water partition coefficient (Wildman–Crippen LogP) is 1.37. The van der Waals surface area contributed by atoms with Crippen LogP contribution in [-0.2, 0) is 24.4 Å².